The molecule has 0 N–H and O–H groups in total. The molecule has 0 bridgehead atoms. The Labute approximate surface area is 161 Å². The average Bonchev–Trinajstić information content (AvgIpc) is 3.07. The normalized spacial score (nSPS) is 12.0. The van der Waals surface area contributed by atoms with Gasteiger partial charge in [-0.1, -0.05) is 59.3 Å². The Morgan fingerprint density at radius 1 is 1.07 bits per heavy atom. The molecule has 0 aliphatic carbocycles. The summed E-state index contributed by atoms with van der Waals surface area (Å²) in [7, 11) is 0. The quantitative estimate of drug-likeness (QED) is 0.541. The molecule has 7 heteroatoms. The fraction of sp³-hybridized carbons (Fsp3) is 0.150. The molecule has 0 radical (unpaired) electrons. The second-order valence-corrected chi connectivity index (χ2v) is 6.61. The third kappa shape index (κ3) is 3.37. The van der Waals surface area contributed by atoms with Gasteiger partial charge in [0.05, 0.1) is 18.3 Å². The van der Waals surface area contributed by atoms with Gasteiger partial charge in [-0.25, -0.2) is 14.6 Å². The highest BCUT2D eigenvalue weighted by molar-refractivity contribution is 6.30. The van der Waals surface area contributed by atoms with Crippen LogP contribution in [0.15, 0.2) is 54.6 Å². The van der Waals surface area contributed by atoms with Crippen molar-refractivity contribution in [1.29, 1.82) is 5.26 Å². The topological polar surface area (TPSA) is 80.3 Å². The lowest BCUT2D eigenvalue weighted by Crippen LogP contribution is -2.07. The predicted octanol–water partition coefficient (Wildman–Crippen LogP) is 3.89. The van der Waals surface area contributed by atoms with Crippen LogP contribution < -0.4 is 0 Å². The van der Waals surface area contributed by atoms with E-state index in [0.29, 0.717) is 34.2 Å². The van der Waals surface area contributed by atoms with Crippen molar-refractivity contribution < 1.29 is 0 Å². The van der Waals surface area contributed by atoms with Crippen molar-refractivity contribution in [3.63, 3.8) is 0 Å². The van der Waals surface area contributed by atoms with E-state index >= 15 is 0 Å². The number of nitriles is 1. The van der Waals surface area contributed by atoms with E-state index < -0.39 is 5.92 Å². The van der Waals surface area contributed by atoms with Crippen molar-refractivity contribution in [2.75, 3.05) is 0 Å². The molecule has 6 nitrogen and oxygen atoms in total. The van der Waals surface area contributed by atoms with Crippen LogP contribution in [0.5, 0.6) is 0 Å². The lowest BCUT2D eigenvalue weighted by Gasteiger charge is -2.10. The number of aromatic nitrogens is 5. The van der Waals surface area contributed by atoms with Crippen LogP contribution >= 0.6 is 11.6 Å². The number of benzene rings is 2. The second-order valence-electron chi connectivity index (χ2n) is 6.17. The zero-order chi connectivity index (χ0) is 18.8. The fourth-order valence-corrected chi connectivity index (χ4v) is 3.13. The molecule has 0 aliphatic rings. The second kappa shape index (κ2) is 7.14. The van der Waals surface area contributed by atoms with Gasteiger partial charge in [0.1, 0.15) is 11.7 Å². The van der Waals surface area contributed by atoms with Crippen molar-refractivity contribution in [3.8, 4) is 6.07 Å². The van der Waals surface area contributed by atoms with Crippen LogP contribution in [0, 0.1) is 18.3 Å². The van der Waals surface area contributed by atoms with Gasteiger partial charge in [-0.2, -0.15) is 5.26 Å². The lowest BCUT2D eigenvalue weighted by atomic mass is 9.96. The van der Waals surface area contributed by atoms with Crippen molar-refractivity contribution >= 4 is 22.8 Å². The minimum Gasteiger partial charge on any atom is -0.234 e. The largest absolute Gasteiger partial charge is 0.234 e. The molecule has 0 saturated carbocycles. The van der Waals surface area contributed by atoms with Gasteiger partial charge in [0.15, 0.2) is 11.2 Å². The highest BCUT2D eigenvalue weighted by Gasteiger charge is 2.22. The summed E-state index contributed by atoms with van der Waals surface area (Å²) in [6, 6.07) is 19.5. The number of hydrogen-bond acceptors (Lipinski definition) is 5. The van der Waals surface area contributed by atoms with Crippen LogP contribution in [-0.2, 0) is 6.54 Å². The van der Waals surface area contributed by atoms with Crippen molar-refractivity contribution in [1.82, 2.24) is 25.0 Å². The molecule has 4 aromatic rings. The fourth-order valence-electron chi connectivity index (χ4n) is 3.00. The summed E-state index contributed by atoms with van der Waals surface area (Å²) >= 11 is 5.97. The molecule has 132 valence electrons. The van der Waals surface area contributed by atoms with Crippen LogP contribution in [-0.4, -0.2) is 25.0 Å². The van der Waals surface area contributed by atoms with E-state index in [4.69, 9.17) is 11.6 Å². The van der Waals surface area contributed by atoms with Crippen LogP contribution in [0.2, 0.25) is 5.02 Å². The van der Waals surface area contributed by atoms with Gasteiger partial charge in [-0.15, -0.1) is 5.10 Å². The van der Waals surface area contributed by atoms with Crippen molar-refractivity contribution in [2.45, 2.75) is 19.4 Å². The SMILES string of the molecule is Cc1nc([C@H](C#N)c2ccc(Cl)cc2)c2nnn(Cc3ccccc3)c2n1. The highest BCUT2D eigenvalue weighted by Crippen LogP contribution is 2.28. The first kappa shape index (κ1) is 17.1. The van der Waals surface area contributed by atoms with Gasteiger partial charge < -0.3 is 0 Å². The first-order valence-corrected chi connectivity index (χ1v) is 8.80. The maximum atomic E-state index is 9.80. The lowest BCUT2D eigenvalue weighted by molar-refractivity contribution is 0.663. The Morgan fingerprint density at radius 3 is 2.52 bits per heavy atom. The van der Waals surface area contributed by atoms with Gasteiger partial charge in [0.25, 0.3) is 0 Å². The summed E-state index contributed by atoms with van der Waals surface area (Å²) in [6.45, 7) is 2.35. The number of halogens is 1. The maximum Gasteiger partial charge on any atom is 0.182 e. The van der Waals surface area contributed by atoms with Crippen LogP contribution in [0.1, 0.15) is 28.6 Å². The average molecular weight is 375 g/mol. The Hall–Kier alpha value is -3.30. The molecule has 27 heavy (non-hydrogen) atoms. The Bertz CT molecular complexity index is 1130. The first-order chi connectivity index (χ1) is 13.2. The third-order valence-electron chi connectivity index (χ3n) is 4.28. The molecule has 0 saturated heterocycles. The van der Waals surface area contributed by atoms with Crippen molar-refractivity contribution in [2.24, 2.45) is 0 Å². The number of aryl methyl sites for hydroxylation is 1. The molecule has 0 spiro atoms. The Morgan fingerprint density at radius 2 is 1.81 bits per heavy atom. The Balaban J connectivity index is 1.82. The zero-order valence-corrected chi connectivity index (χ0v) is 15.3. The minimum absolute atomic E-state index is 0.540. The summed E-state index contributed by atoms with van der Waals surface area (Å²) in [5.74, 6) is -0.00309. The zero-order valence-electron chi connectivity index (χ0n) is 14.5. The smallest absolute Gasteiger partial charge is 0.182 e. The molecule has 0 aliphatic heterocycles. The number of hydrogen-bond donors (Lipinski definition) is 0. The number of fused-ring (bicyclic) bond motifs is 1. The molecule has 1 atom stereocenters. The molecule has 4 rings (SSSR count). The molecule has 0 unspecified atom stereocenters. The molecular formula is C20H15ClN6. The van der Waals surface area contributed by atoms with E-state index in [1.165, 1.54) is 0 Å². The maximum absolute atomic E-state index is 9.80. The van der Waals surface area contributed by atoms with Gasteiger partial charge in [0, 0.05) is 5.02 Å². The van der Waals surface area contributed by atoms with Gasteiger partial charge >= 0.3 is 0 Å². The summed E-state index contributed by atoms with van der Waals surface area (Å²) in [5, 5.41) is 18.9. The van der Waals surface area contributed by atoms with Crippen LogP contribution in [0.4, 0.5) is 0 Å². The van der Waals surface area contributed by atoms with E-state index in [9.17, 15) is 5.26 Å². The van der Waals surface area contributed by atoms with E-state index in [2.05, 4.69) is 26.3 Å². The summed E-state index contributed by atoms with van der Waals surface area (Å²) in [5.41, 5.74) is 3.62. The molecule has 2 heterocycles. The van der Waals surface area contributed by atoms with E-state index in [0.717, 1.165) is 11.1 Å². The van der Waals surface area contributed by atoms with Crippen LogP contribution in [0.25, 0.3) is 11.2 Å². The monoisotopic (exact) mass is 374 g/mol. The van der Waals surface area contributed by atoms with E-state index in [-0.39, 0.29) is 0 Å². The first-order valence-electron chi connectivity index (χ1n) is 8.42. The molecule has 0 amide bonds. The van der Waals surface area contributed by atoms with E-state index in [1.807, 2.05) is 42.5 Å². The number of rotatable bonds is 4. The van der Waals surface area contributed by atoms with E-state index in [1.54, 1.807) is 23.7 Å². The highest BCUT2D eigenvalue weighted by atomic mass is 35.5. The van der Waals surface area contributed by atoms with Crippen molar-refractivity contribution in [3.05, 3.63) is 82.3 Å². The standard InChI is InChI=1S/C20H15ClN6/c1-13-23-18(17(11-22)15-7-9-16(21)10-8-15)19-20(24-13)27(26-25-19)12-14-5-3-2-4-6-14/h2-10,17H,12H2,1H3/t17-/m1/s1. The molecule has 2 aromatic carbocycles. The number of nitrogens with zero attached hydrogens (tertiary/aromatic N) is 6. The summed E-state index contributed by atoms with van der Waals surface area (Å²) in [4.78, 5) is 9.02. The summed E-state index contributed by atoms with van der Waals surface area (Å²) < 4.78 is 1.74. The molecule has 2 aromatic heterocycles. The minimum atomic E-state index is -0.576. The van der Waals surface area contributed by atoms with Gasteiger partial charge in [-0.05, 0) is 30.2 Å². The molecular weight excluding hydrogens is 360 g/mol. The summed E-state index contributed by atoms with van der Waals surface area (Å²) in [6.07, 6.45) is 0. The van der Waals surface area contributed by atoms with Gasteiger partial charge in [-0.3, -0.25) is 0 Å². The molecule has 0 fully saturated rings. The van der Waals surface area contributed by atoms with Gasteiger partial charge in [0.2, 0.25) is 0 Å². The van der Waals surface area contributed by atoms with Crippen LogP contribution in [0.3, 0.4) is 0 Å². The predicted molar refractivity (Wildman–Crippen MR) is 102 cm³/mol. The third-order valence-corrected chi connectivity index (χ3v) is 4.53. The Kier molecular flexibility index (Phi) is 4.53.